The lowest BCUT2D eigenvalue weighted by atomic mass is 9.65. The van der Waals surface area contributed by atoms with Crippen LogP contribution in [-0.2, 0) is 20.7 Å². The van der Waals surface area contributed by atoms with Gasteiger partial charge in [-0.15, -0.1) is 11.3 Å². The number of aromatic carboxylic acids is 1. The fraction of sp³-hybridized carbons (Fsp3) is 0.476. The van der Waals surface area contributed by atoms with Gasteiger partial charge >= 0.3 is 5.97 Å². The van der Waals surface area contributed by atoms with Crippen LogP contribution in [0.3, 0.4) is 0 Å². The fourth-order valence-corrected chi connectivity index (χ4v) is 7.93. The van der Waals surface area contributed by atoms with E-state index in [0.717, 1.165) is 21.1 Å². The first kappa shape index (κ1) is 20.9. The molecule has 1 heterocycles. The summed E-state index contributed by atoms with van der Waals surface area (Å²) in [6, 6.07) is 6.64. The van der Waals surface area contributed by atoms with Gasteiger partial charge in [0.2, 0.25) is 0 Å². The molecule has 0 amide bonds. The summed E-state index contributed by atoms with van der Waals surface area (Å²) in [7, 11) is -3.19. The average molecular weight is 422 g/mol. The van der Waals surface area contributed by atoms with Gasteiger partial charge in [0, 0.05) is 22.2 Å². The number of hydrogen-bond acceptors (Lipinski definition) is 5. The zero-order valence-corrected chi connectivity index (χ0v) is 18.7. The lowest BCUT2D eigenvalue weighted by Crippen LogP contribution is -2.48. The second-order valence-corrected chi connectivity index (χ2v) is 12.1. The van der Waals surface area contributed by atoms with Gasteiger partial charge in [0.1, 0.15) is 0 Å². The lowest BCUT2D eigenvalue weighted by molar-refractivity contribution is 0.0697. The van der Waals surface area contributed by atoms with Crippen LogP contribution in [0.5, 0.6) is 0 Å². The molecule has 152 valence electrons. The molecule has 0 fully saturated rings. The van der Waals surface area contributed by atoms with Gasteiger partial charge in [-0.05, 0) is 54.2 Å². The molecular weight excluding hydrogens is 394 g/mol. The van der Waals surface area contributed by atoms with E-state index in [9.17, 15) is 13.2 Å². The Morgan fingerprint density at radius 1 is 1.18 bits per heavy atom. The third-order valence-electron chi connectivity index (χ3n) is 5.82. The number of sulfone groups is 1. The van der Waals surface area contributed by atoms with E-state index in [1.54, 1.807) is 35.6 Å². The number of carboxylic acids is 1. The molecule has 0 bridgehead atoms. The molecule has 5 nitrogen and oxygen atoms in total. The van der Waals surface area contributed by atoms with Gasteiger partial charge in [-0.25, -0.2) is 13.2 Å². The van der Waals surface area contributed by atoms with Crippen molar-refractivity contribution in [3.8, 4) is 0 Å². The normalized spacial score (nSPS) is 20.4. The number of carbonyl (C=O) groups is 1. The minimum absolute atomic E-state index is 0.242. The average Bonchev–Trinajstić information content (AvgIpc) is 2.90. The molecule has 1 atom stereocenters. The second kappa shape index (κ2) is 6.59. The first-order chi connectivity index (χ1) is 12.7. The molecule has 1 aliphatic rings. The molecule has 3 rings (SSSR count). The molecule has 2 aromatic rings. The molecule has 1 aliphatic carbocycles. The van der Waals surface area contributed by atoms with Gasteiger partial charge in [0.05, 0.1) is 15.8 Å². The number of rotatable bonds is 4. The predicted octanol–water partition coefficient (Wildman–Crippen LogP) is 4.87. The zero-order chi connectivity index (χ0) is 21.1. The molecule has 1 aromatic carbocycles. The van der Waals surface area contributed by atoms with Crippen molar-refractivity contribution in [3.05, 3.63) is 45.8 Å². The van der Waals surface area contributed by atoms with E-state index in [-0.39, 0.29) is 11.0 Å². The Morgan fingerprint density at radius 3 is 2.25 bits per heavy atom. The quantitative estimate of drug-likeness (QED) is 0.736. The van der Waals surface area contributed by atoms with Crippen LogP contribution < -0.4 is 5.32 Å². The molecular formula is C21H27NO4S2. The maximum absolute atomic E-state index is 12.5. The van der Waals surface area contributed by atoms with Crippen molar-refractivity contribution in [1.82, 2.24) is 0 Å². The highest BCUT2D eigenvalue weighted by molar-refractivity contribution is 7.91. The van der Waals surface area contributed by atoms with E-state index in [2.05, 4.69) is 26.1 Å². The molecule has 2 N–H and O–H groups in total. The highest BCUT2D eigenvalue weighted by Gasteiger charge is 2.50. The topological polar surface area (TPSA) is 83.5 Å². The van der Waals surface area contributed by atoms with Crippen LogP contribution in [-0.4, -0.2) is 31.0 Å². The summed E-state index contributed by atoms with van der Waals surface area (Å²) in [5.41, 5.74) is 2.69. The SMILES string of the molecule is Cc1c(Nc2ccc(C(=O)O)cc2)sc2c1C(C)(C)CC(S(C)(=O)=O)C2(C)C. The first-order valence-electron chi connectivity index (χ1n) is 9.19. The van der Waals surface area contributed by atoms with Gasteiger partial charge in [-0.3, -0.25) is 0 Å². The number of benzene rings is 1. The third kappa shape index (κ3) is 3.46. The van der Waals surface area contributed by atoms with Crippen LogP contribution in [0.4, 0.5) is 10.7 Å². The molecule has 0 radical (unpaired) electrons. The molecule has 0 saturated carbocycles. The summed E-state index contributed by atoms with van der Waals surface area (Å²) in [5.74, 6) is -0.954. The van der Waals surface area contributed by atoms with E-state index in [1.807, 2.05) is 13.8 Å². The highest BCUT2D eigenvalue weighted by atomic mass is 32.2. The Morgan fingerprint density at radius 2 is 1.75 bits per heavy atom. The smallest absolute Gasteiger partial charge is 0.335 e. The molecule has 0 saturated heterocycles. The molecule has 7 heteroatoms. The standard InChI is InChI=1S/C21H27NO4S2/c1-12-16-17(21(4,5)15(28(6,25)26)11-20(16,2)3)27-18(12)22-14-9-7-13(8-10-14)19(23)24/h7-10,15,22H,11H2,1-6H3,(H,23,24). The monoisotopic (exact) mass is 421 g/mol. The van der Waals surface area contributed by atoms with E-state index in [4.69, 9.17) is 5.11 Å². The van der Waals surface area contributed by atoms with Crippen LogP contribution >= 0.6 is 11.3 Å². The van der Waals surface area contributed by atoms with Gasteiger partial charge in [-0.2, -0.15) is 0 Å². The Kier molecular flexibility index (Phi) is 4.91. The molecule has 28 heavy (non-hydrogen) atoms. The number of fused-ring (bicyclic) bond motifs is 1. The number of anilines is 2. The van der Waals surface area contributed by atoms with Gasteiger partial charge in [-0.1, -0.05) is 27.7 Å². The Balaban J connectivity index is 2.07. The first-order valence-corrected chi connectivity index (χ1v) is 12.0. The molecule has 1 aromatic heterocycles. The second-order valence-electron chi connectivity index (χ2n) is 8.90. The van der Waals surface area contributed by atoms with Crippen LogP contribution in [0.25, 0.3) is 0 Å². The lowest BCUT2D eigenvalue weighted by Gasteiger charge is -2.45. The van der Waals surface area contributed by atoms with Gasteiger partial charge in [0.25, 0.3) is 0 Å². The minimum atomic E-state index is -3.19. The summed E-state index contributed by atoms with van der Waals surface area (Å²) in [4.78, 5) is 12.2. The Hall–Kier alpha value is -1.86. The fourth-order valence-electron chi connectivity index (χ4n) is 4.38. The molecule has 0 spiro atoms. The van der Waals surface area contributed by atoms with E-state index >= 15 is 0 Å². The van der Waals surface area contributed by atoms with Crippen LogP contribution in [0.15, 0.2) is 24.3 Å². The van der Waals surface area contributed by atoms with Crippen molar-refractivity contribution >= 4 is 37.8 Å². The summed E-state index contributed by atoms with van der Waals surface area (Å²) in [6.45, 7) is 10.3. The van der Waals surface area contributed by atoms with Crippen molar-refractivity contribution in [2.24, 2.45) is 0 Å². The molecule has 1 unspecified atom stereocenters. The van der Waals surface area contributed by atoms with Crippen LogP contribution in [0, 0.1) is 6.92 Å². The van der Waals surface area contributed by atoms with Crippen LogP contribution in [0.1, 0.15) is 60.5 Å². The number of nitrogens with one attached hydrogen (secondary N) is 1. The summed E-state index contributed by atoms with van der Waals surface area (Å²) < 4.78 is 25.0. The minimum Gasteiger partial charge on any atom is -0.478 e. The van der Waals surface area contributed by atoms with Crippen molar-refractivity contribution in [2.75, 3.05) is 11.6 Å². The van der Waals surface area contributed by atoms with Crippen molar-refractivity contribution in [2.45, 2.75) is 57.1 Å². The maximum Gasteiger partial charge on any atom is 0.335 e. The Labute approximate surface area is 170 Å². The maximum atomic E-state index is 12.5. The third-order valence-corrected chi connectivity index (χ3v) is 9.15. The summed E-state index contributed by atoms with van der Waals surface area (Å²) in [5, 5.41) is 13.0. The highest BCUT2D eigenvalue weighted by Crippen LogP contribution is 2.54. The van der Waals surface area contributed by atoms with Crippen molar-refractivity contribution in [1.29, 1.82) is 0 Å². The summed E-state index contributed by atoms with van der Waals surface area (Å²) in [6.07, 6.45) is 1.93. The van der Waals surface area contributed by atoms with Crippen molar-refractivity contribution in [3.63, 3.8) is 0 Å². The summed E-state index contributed by atoms with van der Waals surface area (Å²) >= 11 is 1.60. The Bertz CT molecular complexity index is 1030. The largest absolute Gasteiger partial charge is 0.478 e. The number of thiophene rings is 1. The van der Waals surface area contributed by atoms with Gasteiger partial charge < -0.3 is 10.4 Å². The number of hydrogen-bond donors (Lipinski definition) is 2. The number of carboxylic acid groups (broad SMARTS) is 1. The van der Waals surface area contributed by atoms with Crippen molar-refractivity contribution < 1.29 is 18.3 Å². The molecule has 0 aliphatic heterocycles. The zero-order valence-electron chi connectivity index (χ0n) is 17.1. The predicted molar refractivity (Wildman–Crippen MR) is 115 cm³/mol. The van der Waals surface area contributed by atoms with E-state index in [1.165, 1.54) is 11.8 Å². The van der Waals surface area contributed by atoms with E-state index < -0.39 is 26.5 Å². The van der Waals surface area contributed by atoms with E-state index in [0.29, 0.717) is 6.42 Å². The van der Waals surface area contributed by atoms with Crippen LogP contribution in [0.2, 0.25) is 0 Å². The van der Waals surface area contributed by atoms with Gasteiger partial charge in [0.15, 0.2) is 9.84 Å².